The number of carboxylic acids is 1. The molecule has 0 spiro atoms. The summed E-state index contributed by atoms with van der Waals surface area (Å²) in [7, 11) is 0. The molecule has 0 saturated carbocycles. The molecule has 3 nitrogen and oxygen atoms in total. The Labute approximate surface area is 258 Å². The van der Waals surface area contributed by atoms with E-state index >= 15 is 0 Å². The highest BCUT2D eigenvalue weighted by molar-refractivity contribution is 5.66. The first-order valence-electron chi connectivity index (χ1n) is 18.6. The summed E-state index contributed by atoms with van der Waals surface area (Å²) < 4.78 is 0. The van der Waals surface area contributed by atoms with Crippen molar-refractivity contribution < 1.29 is 15.0 Å². The minimum absolute atomic E-state index is 0.0271. The van der Waals surface area contributed by atoms with Gasteiger partial charge in [0.05, 0.1) is 6.10 Å². The molecule has 0 aromatic carbocycles. The third-order valence-electron chi connectivity index (χ3n) is 8.18. The van der Waals surface area contributed by atoms with Gasteiger partial charge in [0, 0.05) is 6.42 Å². The first-order chi connectivity index (χ1) is 20.1. The maximum atomic E-state index is 10.3. The lowest BCUT2D eigenvalue weighted by atomic mass is 10.0. The van der Waals surface area contributed by atoms with Gasteiger partial charge in [-0.2, -0.15) is 0 Å². The summed E-state index contributed by atoms with van der Waals surface area (Å²) in [6.45, 7) is 6.79. The van der Waals surface area contributed by atoms with E-state index in [1.165, 1.54) is 167 Å². The van der Waals surface area contributed by atoms with E-state index in [0.717, 1.165) is 25.7 Å². The molecule has 1 unspecified atom stereocenters. The summed E-state index contributed by atoms with van der Waals surface area (Å²) in [5.74, 6) is -0.664. The molecule has 0 bridgehead atoms. The van der Waals surface area contributed by atoms with E-state index in [1.54, 1.807) is 0 Å². The Morgan fingerprint density at radius 1 is 0.463 bits per heavy atom. The van der Waals surface area contributed by atoms with Crippen LogP contribution in [0.3, 0.4) is 0 Å². The molecular weight excluding hydrogens is 504 g/mol. The molecule has 0 aliphatic heterocycles. The molecule has 0 aromatic heterocycles. The third-order valence-corrected chi connectivity index (χ3v) is 8.18. The maximum Gasteiger partial charge on any atom is 0.303 e. The van der Waals surface area contributed by atoms with E-state index in [4.69, 9.17) is 5.11 Å². The Balaban J connectivity index is 0. The van der Waals surface area contributed by atoms with E-state index < -0.39 is 5.97 Å². The van der Waals surface area contributed by atoms with Crippen LogP contribution in [-0.4, -0.2) is 22.3 Å². The number of carboxylic acid groups (broad SMARTS) is 1. The average Bonchev–Trinajstić information content (AvgIpc) is 2.96. The highest BCUT2D eigenvalue weighted by atomic mass is 16.4. The predicted octanol–water partition coefficient (Wildman–Crippen LogP) is 13.1. The molecule has 0 amide bonds. The summed E-state index contributed by atoms with van der Waals surface area (Å²) in [4.78, 5) is 10.3. The van der Waals surface area contributed by atoms with Crippen molar-refractivity contribution in [3.8, 4) is 0 Å². The van der Waals surface area contributed by atoms with E-state index in [9.17, 15) is 9.90 Å². The van der Waals surface area contributed by atoms with Gasteiger partial charge < -0.3 is 10.2 Å². The van der Waals surface area contributed by atoms with Gasteiger partial charge in [0.15, 0.2) is 0 Å². The quantitative estimate of drug-likeness (QED) is 0.0614. The Bertz CT molecular complexity index is 502. The molecule has 0 fully saturated rings. The van der Waals surface area contributed by atoms with Crippen LogP contribution in [0, 0.1) is 0 Å². The second kappa shape index (κ2) is 39.2. The monoisotopic (exact) mass is 581 g/mol. The fourth-order valence-electron chi connectivity index (χ4n) is 5.34. The van der Waals surface area contributed by atoms with Gasteiger partial charge in [-0.3, -0.25) is 4.79 Å². The fraction of sp³-hybridized carbons (Fsp3) is 0.921. The number of aliphatic hydroxyl groups is 1. The summed E-state index contributed by atoms with van der Waals surface area (Å²) >= 11 is 0. The summed E-state index contributed by atoms with van der Waals surface area (Å²) in [5.41, 5.74) is 0. The van der Waals surface area contributed by atoms with Crippen LogP contribution in [0.15, 0.2) is 12.2 Å². The zero-order valence-corrected chi connectivity index (χ0v) is 28.5. The molecule has 0 aliphatic carbocycles. The van der Waals surface area contributed by atoms with Gasteiger partial charge in [-0.25, -0.2) is 0 Å². The number of hydrogen-bond donors (Lipinski definition) is 2. The lowest BCUT2D eigenvalue weighted by molar-refractivity contribution is -0.137. The number of unbranched alkanes of at least 4 members (excludes halogenated alkanes) is 24. The topological polar surface area (TPSA) is 57.5 Å². The Morgan fingerprint density at radius 2 is 0.756 bits per heavy atom. The van der Waals surface area contributed by atoms with E-state index in [0.29, 0.717) is 6.42 Å². The lowest BCUT2D eigenvalue weighted by Crippen LogP contribution is -2.05. The Morgan fingerprint density at radius 3 is 1.10 bits per heavy atom. The first kappa shape index (κ1) is 42.3. The number of aliphatic carboxylic acids is 1. The van der Waals surface area contributed by atoms with Crippen LogP contribution in [-0.2, 0) is 4.79 Å². The smallest absolute Gasteiger partial charge is 0.303 e. The normalized spacial score (nSPS) is 12.0. The van der Waals surface area contributed by atoms with E-state index in [-0.39, 0.29) is 6.10 Å². The van der Waals surface area contributed by atoms with Crippen LogP contribution < -0.4 is 0 Å². The summed E-state index contributed by atoms with van der Waals surface area (Å²) in [6.07, 6.45) is 43.6. The van der Waals surface area contributed by atoms with E-state index in [1.807, 2.05) is 0 Å². The molecule has 0 heterocycles. The van der Waals surface area contributed by atoms with Crippen molar-refractivity contribution in [2.75, 3.05) is 0 Å². The van der Waals surface area contributed by atoms with Gasteiger partial charge in [-0.15, -0.1) is 0 Å². The van der Waals surface area contributed by atoms with Crippen molar-refractivity contribution in [3.05, 3.63) is 12.2 Å². The second-order valence-electron chi connectivity index (χ2n) is 12.6. The molecular formula is C38H76O3. The van der Waals surface area contributed by atoms with Crippen molar-refractivity contribution in [1.29, 1.82) is 0 Å². The van der Waals surface area contributed by atoms with Gasteiger partial charge in [0.2, 0.25) is 0 Å². The van der Waals surface area contributed by atoms with Crippen LogP contribution in [0.1, 0.15) is 220 Å². The number of aliphatic hydroxyl groups excluding tert-OH is 1. The van der Waals surface area contributed by atoms with Gasteiger partial charge >= 0.3 is 5.97 Å². The molecule has 246 valence electrons. The van der Waals surface area contributed by atoms with Crippen LogP contribution >= 0.6 is 0 Å². The Kier molecular flexibility index (Phi) is 40.4. The standard InChI is InChI=1S/C20H42O.C18H34O2/c1-3-5-7-9-11-12-13-15-17-19-20(21)18-16-14-10-8-6-4-2;1-2-3-4-5-6-7-8-9-10-11-12-13-14-15-16-17-18(19)20/h20-21H,3-19H2,1-2H3;9-10H,2-8,11-17H2,1H3,(H,19,20)/b;10-9-. The van der Waals surface area contributed by atoms with Crippen molar-refractivity contribution >= 4 is 5.97 Å². The number of allylic oxidation sites excluding steroid dienone is 2. The maximum absolute atomic E-state index is 10.3. The molecule has 0 rings (SSSR count). The van der Waals surface area contributed by atoms with Crippen molar-refractivity contribution in [2.45, 2.75) is 226 Å². The number of carbonyl (C=O) groups is 1. The zero-order chi connectivity index (χ0) is 30.5. The average molecular weight is 581 g/mol. The van der Waals surface area contributed by atoms with Crippen LogP contribution in [0.5, 0.6) is 0 Å². The Hall–Kier alpha value is -0.830. The molecule has 3 heteroatoms. The van der Waals surface area contributed by atoms with Crippen molar-refractivity contribution in [3.63, 3.8) is 0 Å². The largest absolute Gasteiger partial charge is 0.481 e. The van der Waals surface area contributed by atoms with Crippen LogP contribution in [0.2, 0.25) is 0 Å². The summed E-state index contributed by atoms with van der Waals surface area (Å²) in [6, 6.07) is 0. The van der Waals surface area contributed by atoms with Gasteiger partial charge in [-0.1, -0.05) is 181 Å². The highest BCUT2D eigenvalue weighted by Gasteiger charge is 2.03. The van der Waals surface area contributed by atoms with Crippen molar-refractivity contribution in [2.24, 2.45) is 0 Å². The minimum atomic E-state index is -0.664. The predicted molar refractivity (Wildman–Crippen MR) is 183 cm³/mol. The number of rotatable bonds is 32. The molecule has 0 saturated heterocycles. The van der Waals surface area contributed by atoms with E-state index in [2.05, 4.69) is 32.9 Å². The van der Waals surface area contributed by atoms with Crippen LogP contribution in [0.4, 0.5) is 0 Å². The fourth-order valence-corrected chi connectivity index (χ4v) is 5.34. The van der Waals surface area contributed by atoms with Crippen molar-refractivity contribution in [1.82, 2.24) is 0 Å². The summed E-state index contributed by atoms with van der Waals surface area (Å²) in [5, 5.41) is 18.5. The van der Waals surface area contributed by atoms with Crippen LogP contribution in [0.25, 0.3) is 0 Å². The molecule has 0 aliphatic rings. The number of hydrogen-bond acceptors (Lipinski definition) is 2. The van der Waals surface area contributed by atoms with Gasteiger partial charge in [0.1, 0.15) is 0 Å². The highest BCUT2D eigenvalue weighted by Crippen LogP contribution is 2.15. The molecule has 1 atom stereocenters. The second-order valence-corrected chi connectivity index (χ2v) is 12.6. The molecule has 2 N–H and O–H groups in total. The third kappa shape index (κ3) is 43.8. The zero-order valence-electron chi connectivity index (χ0n) is 28.5. The van der Waals surface area contributed by atoms with Gasteiger partial charge in [0.25, 0.3) is 0 Å². The molecule has 41 heavy (non-hydrogen) atoms. The minimum Gasteiger partial charge on any atom is -0.481 e. The first-order valence-corrected chi connectivity index (χ1v) is 18.6. The molecule has 0 radical (unpaired) electrons. The SMILES string of the molecule is CCCCCCCC/C=C\CCCCCCCC(=O)O.CCCCCCCCCCCC(O)CCCCCCCC. The molecule has 0 aromatic rings. The lowest BCUT2D eigenvalue weighted by Gasteiger charge is -2.10. The van der Waals surface area contributed by atoms with Gasteiger partial charge in [-0.05, 0) is 44.9 Å².